The summed E-state index contributed by atoms with van der Waals surface area (Å²) in [4.78, 5) is 18.8. The van der Waals surface area contributed by atoms with Crippen molar-refractivity contribution in [2.45, 2.75) is 32.8 Å². The number of hydrogen-bond donors (Lipinski definition) is 1. The van der Waals surface area contributed by atoms with E-state index in [0.29, 0.717) is 17.4 Å². The van der Waals surface area contributed by atoms with Crippen LogP contribution < -0.4 is 10.1 Å². The zero-order chi connectivity index (χ0) is 15.2. The van der Waals surface area contributed by atoms with Gasteiger partial charge in [0.05, 0.1) is 6.10 Å². The maximum absolute atomic E-state index is 12.6. The van der Waals surface area contributed by atoms with Gasteiger partial charge < -0.3 is 15.0 Å². The fraction of sp³-hybridized carbons (Fsp3) is 0.625. The quantitative estimate of drug-likeness (QED) is 0.901. The minimum absolute atomic E-state index is 0.0193. The van der Waals surface area contributed by atoms with Gasteiger partial charge in [-0.05, 0) is 58.3 Å². The number of nitrogens with one attached hydrogen (secondary N) is 1. The number of pyridine rings is 1. The number of hydrogen-bond acceptors (Lipinski definition) is 4. The van der Waals surface area contributed by atoms with E-state index in [4.69, 9.17) is 4.74 Å². The highest BCUT2D eigenvalue weighted by Crippen LogP contribution is 2.22. The Hall–Kier alpha value is -1.62. The van der Waals surface area contributed by atoms with Crippen LogP contribution >= 0.6 is 0 Å². The molecule has 1 fully saturated rings. The van der Waals surface area contributed by atoms with Gasteiger partial charge in [0.25, 0.3) is 5.91 Å². The van der Waals surface area contributed by atoms with Crippen molar-refractivity contribution in [1.29, 1.82) is 0 Å². The topological polar surface area (TPSA) is 54.5 Å². The highest BCUT2D eigenvalue weighted by molar-refractivity contribution is 5.95. The van der Waals surface area contributed by atoms with Crippen LogP contribution in [0.25, 0.3) is 0 Å². The lowest BCUT2D eigenvalue weighted by atomic mass is 9.96. The van der Waals surface area contributed by atoms with Gasteiger partial charge in [0.1, 0.15) is 0 Å². The Balaban J connectivity index is 2.04. The van der Waals surface area contributed by atoms with E-state index in [9.17, 15) is 4.79 Å². The maximum Gasteiger partial charge on any atom is 0.276 e. The molecule has 1 aromatic rings. The van der Waals surface area contributed by atoms with E-state index in [1.807, 2.05) is 31.9 Å². The highest BCUT2D eigenvalue weighted by atomic mass is 16.5. The van der Waals surface area contributed by atoms with Gasteiger partial charge in [0, 0.05) is 19.3 Å². The molecule has 1 N–H and O–H groups in total. The molecule has 0 spiro atoms. The van der Waals surface area contributed by atoms with E-state index in [1.54, 1.807) is 12.3 Å². The summed E-state index contributed by atoms with van der Waals surface area (Å²) in [5, 5.41) is 3.21. The summed E-state index contributed by atoms with van der Waals surface area (Å²) in [5.74, 6) is 1.22. The molecule has 0 atom stereocenters. The smallest absolute Gasteiger partial charge is 0.276 e. The van der Waals surface area contributed by atoms with Crippen LogP contribution in [0.15, 0.2) is 18.3 Å². The molecule has 116 valence electrons. The SMILES string of the molecule is CNCC1CCN(C(=O)c2ncccc2OC(C)C)CC1. The minimum atomic E-state index is -0.0193. The summed E-state index contributed by atoms with van der Waals surface area (Å²) in [6.45, 7) is 6.51. The number of nitrogens with zero attached hydrogens (tertiary/aromatic N) is 2. The van der Waals surface area contributed by atoms with Crippen LogP contribution in [-0.2, 0) is 0 Å². The molecule has 0 aliphatic carbocycles. The number of carbonyl (C=O) groups is 1. The van der Waals surface area contributed by atoms with Crippen LogP contribution in [0.1, 0.15) is 37.2 Å². The molecule has 2 heterocycles. The average Bonchev–Trinajstić information content (AvgIpc) is 2.48. The van der Waals surface area contributed by atoms with Crippen molar-refractivity contribution in [2.24, 2.45) is 5.92 Å². The summed E-state index contributed by atoms with van der Waals surface area (Å²) < 4.78 is 5.70. The molecule has 0 unspecified atom stereocenters. The molecule has 2 rings (SSSR count). The second-order valence-electron chi connectivity index (χ2n) is 5.81. The molecule has 5 nitrogen and oxygen atoms in total. The predicted octanol–water partition coefficient (Wildman–Crippen LogP) is 1.94. The molecule has 1 aromatic heterocycles. The van der Waals surface area contributed by atoms with Gasteiger partial charge in [0.2, 0.25) is 0 Å². The minimum Gasteiger partial charge on any atom is -0.489 e. The van der Waals surface area contributed by atoms with Gasteiger partial charge in [-0.25, -0.2) is 4.98 Å². The summed E-state index contributed by atoms with van der Waals surface area (Å²) in [5.41, 5.74) is 0.429. The number of ether oxygens (including phenoxy) is 1. The lowest BCUT2D eigenvalue weighted by Crippen LogP contribution is -2.40. The lowest BCUT2D eigenvalue weighted by molar-refractivity contribution is 0.0678. The third-order valence-electron chi connectivity index (χ3n) is 3.73. The van der Waals surface area contributed by atoms with Gasteiger partial charge in [-0.3, -0.25) is 4.79 Å². The van der Waals surface area contributed by atoms with Gasteiger partial charge in [-0.2, -0.15) is 0 Å². The monoisotopic (exact) mass is 291 g/mol. The Morgan fingerprint density at radius 2 is 2.19 bits per heavy atom. The molecule has 0 saturated carbocycles. The molecule has 0 radical (unpaired) electrons. The van der Waals surface area contributed by atoms with Gasteiger partial charge >= 0.3 is 0 Å². The van der Waals surface area contributed by atoms with E-state index >= 15 is 0 Å². The summed E-state index contributed by atoms with van der Waals surface area (Å²) in [7, 11) is 1.97. The van der Waals surface area contributed by atoms with Crippen molar-refractivity contribution in [3.63, 3.8) is 0 Å². The van der Waals surface area contributed by atoms with E-state index in [1.165, 1.54) is 0 Å². The van der Waals surface area contributed by atoms with Crippen LogP contribution in [0, 0.1) is 5.92 Å². The van der Waals surface area contributed by atoms with E-state index < -0.39 is 0 Å². The molecule has 1 aliphatic heterocycles. The Labute approximate surface area is 126 Å². The molecule has 1 saturated heterocycles. The molecule has 1 amide bonds. The predicted molar refractivity (Wildman–Crippen MR) is 82.6 cm³/mol. The molecule has 1 aliphatic rings. The molecule has 21 heavy (non-hydrogen) atoms. The number of rotatable bonds is 5. The summed E-state index contributed by atoms with van der Waals surface area (Å²) in [6, 6.07) is 3.61. The van der Waals surface area contributed by atoms with E-state index in [0.717, 1.165) is 32.5 Å². The lowest BCUT2D eigenvalue weighted by Gasteiger charge is -2.32. The second kappa shape index (κ2) is 7.41. The molecule has 5 heteroatoms. The summed E-state index contributed by atoms with van der Waals surface area (Å²) in [6.07, 6.45) is 3.76. The van der Waals surface area contributed by atoms with Crippen molar-refractivity contribution < 1.29 is 9.53 Å². The number of aromatic nitrogens is 1. The van der Waals surface area contributed by atoms with Crippen molar-refractivity contribution in [3.05, 3.63) is 24.0 Å². The van der Waals surface area contributed by atoms with Crippen LogP contribution in [0.4, 0.5) is 0 Å². The maximum atomic E-state index is 12.6. The Morgan fingerprint density at radius 3 is 2.81 bits per heavy atom. The molecular weight excluding hydrogens is 266 g/mol. The van der Waals surface area contributed by atoms with Crippen LogP contribution in [0.2, 0.25) is 0 Å². The molecule has 0 aromatic carbocycles. The first-order valence-corrected chi connectivity index (χ1v) is 7.67. The van der Waals surface area contributed by atoms with Gasteiger partial charge in [-0.1, -0.05) is 0 Å². The molecule has 0 bridgehead atoms. The van der Waals surface area contributed by atoms with Crippen LogP contribution in [0.5, 0.6) is 5.75 Å². The van der Waals surface area contributed by atoms with E-state index in [2.05, 4.69) is 10.3 Å². The summed E-state index contributed by atoms with van der Waals surface area (Å²) >= 11 is 0. The fourth-order valence-electron chi connectivity index (χ4n) is 2.68. The normalized spacial score (nSPS) is 16.3. The largest absolute Gasteiger partial charge is 0.489 e. The van der Waals surface area contributed by atoms with Crippen LogP contribution in [-0.4, -0.2) is 48.6 Å². The first-order valence-electron chi connectivity index (χ1n) is 7.67. The number of likely N-dealkylation sites (tertiary alicyclic amines) is 1. The molecular formula is C16H25N3O2. The second-order valence-corrected chi connectivity index (χ2v) is 5.81. The zero-order valence-corrected chi connectivity index (χ0v) is 13.1. The van der Waals surface area contributed by atoms with Crippen LogP contribution in [0.3, 0.4) is 0 Å². The fourth-order valence-corrected chi connectivity index (χ4v) is 2.68. The standard InChI is InChI=1S/C16H25N3O2/c1-12(2)21-14-5-4-8-18-15(14)16(20)19-9-6-13(7-10-19)11-17-3/h4-5,8,12-13,17H,6-7,9-11H2,1-3H3. The van der Waals surface area contributed by atoms with Gasteiger partial charge in [-0.15, -0.1) is 0 Å². The Morgan fingerprint density at radius 1 is 1.48 bits per heavy atom. The average molecular weight is 291 g/mol. The Bertz CT molecular complexity index is 468. The zero-order valence-electron chi connectivity index (χ0n) is 13.1. The Kier molecular flexibility index (Phi) is 5.56. The number of amides is 1. The number of piperidine rings is 1. The third kappa shape index (κ3) is 4.17. The van der Waals surface area contributed by atoms with Gasteiger partial charge in [0.15, 0.2) is 11.4 Å². The van der Waals surface area contributed by atoms with E-state index in [-0.39, 0.29) is 12.0 Å². The third-order valence-corrected chi connectivity index (χ3v) is 3.73. The van der Waals surface area contributed by atoms with Crippen molar-refractivity contribution >= 4 is 5.91 Å². The number of carbonyl (C=O) groups excluding carboxylic acids is 1. The van der Waals surface area contributed by atoms with Crippen molar-refractivity contribution in [2.75, 3.05) is 26.7 Å². The van der Waals surface area contributed by atoms with Crippen molar-refractivity contribution in [1.82, 2.24) is 15.2 Å². The highest BCUT2D eigenvalue weighted by Gasteiger charge is 2.26. The first-order chi connectivity index (χ1) is 10.1. The first kappa shape index (κ1) is 15.8. The van der Waals surface area contributed by atoms with Crippen molar-refractivity contribution in [3.8, 4) is 5.75 Å².